The minimum Gasteiger partial charge on any atom is -0.373 e. The molecule has 0 spiro atoms. The summed E-state index contributed by atoms with van der Waals surface area (Å²) in [6, 6.07) is 16.4. The van der Waals surface area contributed by atoms with Gasteiger partial charge in [0.15, 0.2) is 5.78 Å². The van der Waals surface area contributed by atoms with E-state index in [0.717, 1.165) is 5.56 Å². The van der Waals surface area contributed by atoms with E-state index in [9.17, 15) is 9.59 Å². The molecule has 0 saturated carbocycles. The average molecular weight is 336 g/mol. The first kappa shape index (κ1) is 18.5. The molecule has 0 aromatic heterocycles. The second-order valence-corrected chi connectivity index (χ2v) is 6.16. The molecule has 0 heterocycles. The van der Waals surface area contributed by atoms with E-state index in [2.05, 4.69) is 17.2 Å². The molecule has 25 heavy (non-hydrogen) atoms. The molecule has 0 radical (unpaired) electrons. The predicted octanol–water partition coefficient (Wildman–Crippen LogP) is 4.12. The van der Waals surface area contributed by atoms with Crippen LogP contribution >= 0.6 is 0 Å². The van der Waals surface area contributed by atoms with Crippen LogP contribution < -0.4 is 10.6 Å². The molecule has 2 atom stereocenters. The van der Waals surface area contributed by atoms with E-state index in [4.69, 9.17) is 0 Å². The van der Waals surface area contributed by atoms with Gasteiger partial charge < -0.3 is 10.6 Å². The quantitative estimate of drug-likeness (QED) is 0.590. The maximum Gasteiger partial charge on any atom is 0.242 e. The number of carbonyl (C=O) groups excluding carboxylic acids is 2. The van der Waals surface area contributed by atoms with Crippen LogP contribution in [0.25, 0.3) is 0 Å². The Morgan fingerprint density at radius 2 is 1.56 bits per heavy atom. The van der Waals surface area contributed by atoms with Crippen LogP contribution in [0.2, 0.25) is 0 Å². The van der Waals surface area contributed by atoms with Crippen LogP contribution in [0, 0.1) is 0 Å². The highest BCUT2D eigenvalue weighted by atomic mass is 16.2. The molecule has 2 rings (SSSR count). The summed E-state index contributed by atoms with van der Waals surface area (Å²) in [4.78, 5) is 24.7. The summed E-state index contributed by atoms with van der Waals surface area (Å²) in [6.07, 6.45) is 0. The maximum absolute atomic E-state index is 12.5. The van der Waals surface area contributed by atoms with Crippen molar-refractivity contribution in [2.75, 3.05) is 5.32 Å². The lowest BCUT2D eigenvalue weighted by Gasteiger charge is -2.20. The number of Topliss-reactive ketones (excluding diaryl/α,β-unsaturated/α-hetero) is 1. The number of benzene rings is 2. The van der Waals surface area contributed by atoms with Crippen molar-refractivity contribution in [1.82, 2.24) is 5.32 Å². The monoisotopic (exact) mass is 336 g/mol. The third kappa shape index (κ3) is 4.80. The van der Waals surface area contributed by atoms with Crippen molar-refractivity contribution < 1.29 is 9.59 Å². The van der Waals surface area contributed by atoms with Gasteiger partial charge in [0.2, 0.25) is 5.91 Å². The fraction of sp³-hybridized carbons (Fsp3) is 0.238. The summed E-state index contributed by atoms with van der Waals surface area (Å²) in [6.45, 7) is 9.10. The largest absolute Gasteiger partial charge is 0.373 e. The second kappa shape index (κ2) is 8.29. The predicted molar refractivity (Wildman–Crippen MR) is 102 cm³/mol. The Labute approximate surface area is 149 Å². The van der Waals surface area contributed by atoms with Crippen molar-refractivity contribution >= 4 is 17.4 Å². The fourth-order valence-corrected chi connectivity index (χ4v) is 2.50. The highest BCUT2D eigenvalue weighted by Gasteiger charge is 2.18. The first-order valence-electron chi connectivity index (χ1n) is 8.31. The minimum atomic E-state index is -0.481. The molecule has 0 aliphatic heterocycles. The van der Waals surface area contributed by atoms with Crippen molar-refractivity contribution in [2.45, 2.75) is 32.9 Å². The Balaban J connectivity index is 2.07. The summed E-state index contributed by atoms with van der Waals surface area (Å²) in [5, 5.41) is 6.11. The number of ketones is 1. The standard InChI is InChI=1S/C21H24N2O2/c1-14(2)20(24)18-12-8-9-13-19(18)22-16(4)21(25)23-15(3)17-10-6-5-7-11-17/h5-13,15-16,22H,1H2,2-4H3,(H,23,25)/t15?,16-/m0/s1. The number of hydrogen-bond donors (Lipinski definition) is 2. The van der Waals surface area contributed by atoms with E-state index in [1.807, 2.05) is 43.3 Å². The molecule has 1 amide bonds. The lowest BCUT2D eigenvalue weighted by molar-refractivity contribution is -0.122. The van der Waals surface area contributed by atoms with Crippen LogP contribution in [0.15, 0.2) is 66.7 Å². The van der Waals surface area contributed by atoms with Gasteiger partial charge in [-0.3, -0.25) is 9.59 Å². The second-order valence-electron chi connectivity index (χ2n) is 6.16. The summed E-state index contributed by atoms with van der Waals surface area (Å²) < 4.78 is 0. The molecule has 2 aromatic rings. The Kier molecular flexibility index (Phi) is 6.12. The summed E-state index contributed by atoms with van der Waals surface area (Å²) in [5.74, 6) is -0.262. The molecular weight excluding hydrogens is 312 g/mol. The van der Waals surface area contributed by atoms with Crippen LogP contribution in [0.5, 0.6) is 0 Å². The number of hydrogen-bond acceptors (Lipinski definition) is 3. The lowest BCUT2D eigenvalue weighted by Crippen LogP contribution is -2.39. The molecule has 0 bridgehead atoms. The van der Waals surface area contributed by atoms with Gasteiger partial charge in [-0.15, -0.1) is 0 Å². The first-order chi connectivity index (χ1) is 11.9. The Hall–Kier alpha value is -2.88. The van der Waals surface area contributed by atoms with Gasteiger partial charge in [-0.1, -0.05) is 49.0 Å². The highest BCUT2D eigenvalue weighted by Crippen LogP contribution is 2.19. The fourth-order valence-electron chi connectivity index (χ4n) is 2.50. The number of allylic oxidation sites excluding steroid dienone is 1. The summed E-state index contributed by atoms with van der Waals surface area (Å²) >= 11 is 0. The number of nitrogens with one attached hydrogen (secondary N) is 2. The maximum atomic E-state index is 12.5. The van der Waals surface area contributed by atoms with Gasteiger partial charge in [0.05, 0.1) is 6.04 Å². The van der Waals surface area contributed by atoms with E-state index >= 15 is 0 Å². The van der Waals surface area contributed by atoms with Gasteiger partial charge in [-0.25, -0.2) is 0 Å². The zero-order chi connectivity index (χ0) is 18.4. The summed E-state index contributed by atoms with van der Waals surface area (Å²) in [7, 11) is 0. The van der Waals surface area contributed by atoms with E-state index in [-0.39, 0.29) is 17.7 Å². The summed E-state index contributed by atoms with van der Waals surface area (Å²) in [5.41, 5.74) is 2.65. The number of anilines is 1. The molecule has 130 valence electrons. The molecule has 0 aliphatic carbocycles. The third-order valence-corrected chi connectivity index (χ3v) is 3.98. The molecule has 0 fully saturated rings. The topological polar surface area (TPSA) is 58.2 Å². The number of carbonyl (C=O) groups is 2. The highest BCUT2D eigenvalue weighted by molar-refractivity contribution is 6.11. The van der Waals surface area contributed by atoms with E-state index < -0.39 is 6.04 Å². The van der Waals surface area contributed by atoms with Gasteiger partial charge in [-0.05, 0) is 44.0 Å². The first-order valence-corrected chi connectivity index (χ1v) is 8.31. The molecule has 4 heteroatoms. The Bertz CT molecular complexity index is 768. The van der Waals surface area contributed by atoms with Gasteiger partial charge in [0.25, 0.3) is 0 Å². The number of rotatable bonds is 7. The molecule has 0 aliphatic rings. The van der Waals surface area contributed by atoms with Crippen molar-refractivity contribution in [1.29, 1.82) is 0 Å². The van der Waals surface area contributed by atoms with Crippen LogP contribution in [0.4, 0.5) is 5.69 Å². The van der Waals surface area contributed by atoms with Gasteiger partial charge in [-0.2, -0.15) is 0 Å². The Morgan fingerprint density at radius 3 is 2.20 bits per heavy atom. The number of para-hydroxylation sites is 1. The van der Waals surface area contributed by atoms with Crippen LogP contribution in [-0.4, -0.2) is 17.7 Å². The molecule has 2 aromatic carbocycles. The van der Waals surface area contributed by atoms with E-state index in [1.165, 1.54) is 0 Å². The van der Waals surface area contributed by atoms with Gasteiger partial charge >= 0.3 is 0 Å². The average Bonchev–Trinajstić information content (AvgIpc) is 2.62. The number of amides is 1. The Morgan fingerprint density at radius 1 is 0.960 bits per heavy atom. The minimum absolute atomic E-state index is 0.0924. The lowest BCUT2D eigenvalue weighted by atomic mass is 10.0. The molecule has 4 nitrogen and oxygen atoms in total. The molecule has 2 N–H and O–H groups in total. The van der Waals surface area contributed by atoms with Crippen molar-refractivity contribution in [2.24, 2.45) is 0 Å². The van der Waals surface area contributed by atoms with Crippen molar-refractivity contribution in [3.63, 3.8) is 0 Å². The van der Waals surface area contributed by atoms with E-state index in [1.54, 1.807) is 32.0 Å². The zero-order valence-corrected chi connectivity index (χ0v) is 14.9. The van der Waals surface area contributed by atoms with Crippen LogP contribution in [0.1, 0.15) is 42.7 Å². The normalized spacial score (nSPS) is 12.8. The van der Waals surface area contributed by atoms with Gasteiger partial charge in [0.1, 0.15) is 6.04 Å². The molecular formula is C21H24N2O2. The molecule has 1 unspecified atom stereocenters. The van der Waals surface area contributed by atoms with Crippen LogP contribution in [0.3, 0.4) is 0 Å². The van der Waals surface area contributed by atoms with Crippen molar-refractivity contribution in [3.8, 4) is 0 Å². The SMILES string of the molecule is C=C(C)C(=O)c1ccccc1N[C@@H](C)C(=O)NC(C)c1ccccc1. The zero-order valence-electron chi connectivity index (χ0n) is 14.9. The van der Waals surface area contributed by atoms with Gasteiger partial charge in [0, 0.05) is 11.3 Å². The molecule has 0 saturated heterocycles. The van der Waals surface area contributed by atoms with E-state index in [0.29, 0.717) is 16.8 Å². The van der Waals surface area contributed by atoms with Crippen LogP contribution in [-0.2, 0) is 4.79 Å². The van der Waals surface area contributed by atoms with Crippen molar-refractivity contribution in [3.05, 3.63) is 77.9 Å². The third-order valence-electron chi connectivity index (χ3n) is 3.98. The smallest absolute Gasteiger partial charge is 0.242 e.